The predicted molar refractivity (Wildman–Crippen MR) is 102 cm³/mol. The molecule has 3 aliphatic heterocycles. The number of halogens is 1. The normalized spacial score (nSPS) is 23.6. The van der Waals surface area contributed by atoms with Crippen LogP contribution in [0.1, 0.15) is 42.7 Å². The van der Waals surface area contributed by atoms with E-state index in [0.717, 1.165) is 45.4 Å². The number of furan rings is 1. The van der Waals surface area contributed by atoms with Gasteiger partial charge in [0.2, 0.25) is 5.91 Å². The lowest BCUT2D eigenvalue weighted by Crippen LogP contribution is -2.51. The Morgan fingerprint density at radius 2 is 1.96 bits per heavy atom. The molecular formula is C18H25ClN4O5. The maximum Gasteiger partial charge on any atom is 0.433 e. The number of rotatable bonds is 3. The van der Waals surface area contributed by atoms with Gasteiger partial charge in [-0.05, 0) is 50.1 Å². The van der Waals surface area contributed by atoms with Gasteiger partial charge < -0.3 is 19.5 Å². The monoisotopic (exact) mass is 412 g/mol. The minimum Gasteiger partial charge on any atom is -0.395 e. The largest absolute Gasteiger partial charge is 0.433 e. The van der Waals surface area contributed by atoms with Gasteiger partial charge in [0, 0.05) is 26.2 Å². The highest BCUT2D eigenvalue weighted by Gasteiger charge is 2.42. The minimum absolute atomic E-state index is 0. The molecule has 0 aromatic carbocycles. The molecule has 1 aromatic heterocycles. The van der Waals surface area contributed by atoms with E-state index in [2.05, 4.69) is 5.32 Å². The molecule has 3 saturated heterocycles. The van der Waals surface area contributed by atoms with Gasteiger partial charge >= 0.3 is 5.88 Å². The molecular weight excluding hydrogens is 388 g/mol. The standard InChI is InChI=1S/C18H24N4O5.ClH/c23-16(20-10-6-18(7-11-20)5-8-19-12-18)13-2-1-9-21(13)17(24)14-3-4-15(27-14)22(25)26;/h3-4,13,19H,1-2,5-12H2;1H. The van der Waals surface area contributed by atoms with Crippen LogP contribution in [-0.4, -0.2) is 65.3 Å². The van der Waals surface area contributed by atoms with Gasteiger partial charge in [0.1, 0.15) is 11.0 Å². The third-order valence-corrected chi connectivity index (χ3v) is 6.25. The van der Waals surface area contributed by atoms with Crippen molar-refractivity contribution >= 4 is 30.1 Å². The third kappa shape index (κ3) is 3.73. The molecule has 2 amide bonds. The highest BCUT2D eigenvalue weighted by Crippen LogP contribution is 2.37. The first-order valence-corrected chi connectivity index (χ1v) is 9.54. The van der Waals surface area contributed by atoms with E-state index in [-0.39, 0.29) is 24.1 Å². The second kappa shape index (κ2) is 8.08. The number of amides is 2. The molecule has 28 heavy (non-hydrogen) atoms. The molecule has 1 atom stereocenters. The summed E-state index contributed by atoms with van der Waals surface area (Å²) in [6, 6.07) is 1.97. The number of nitrogens with one attached hydrogen (secondary N) is 1. The van der Waals surface area contributed by atoms with Crippen molar-refractivity contribution in [2.24, 2.45) is 5.41 Å². The van der Waals surface area contributed by atoms with Crippen LogP contribution in [0.3, 0.4) is 0 Å². The van der Waals surface area contributed by atoms with E-state index < -0.39 is 22.8 Å². The molecule has 3 aliphatic rings. The van der Waals surface area contributed by atoms with Gasteiger partial charge in [-0.15, -0.1) is 12.4 Å². The van der Waals surface area contributed by atoms with Crippen LogP contribution >= 0.6 is 12.4 Å². The van der Waals surface area contributed by atoms with Crippen molar-refractivity contribution in [1.29, 1.82) is 0 Å². The zero-order valence-electron chi connectivity index (χ0n) is 15.6. The van der Waals surface area contributed by atoms with Gasteiger partial charge in [-0.3, -0.25) is 19.7 Å². The third-order valence-electron chi connectivity index (χ3n) is 6.25. The van der Waals surface area contributed by atoms with Gasteiger partial charge in [0.05, 0.1) is 6.07 Å². The van der Waals surface area contributed by atoms with Gasteiger partial charge in [0.15, 0.2) is 5.76 Å². The Morgan fingerprint density at radius 3 is 2.57 bits per heavy atom. The number of hydrogen-bond donors (Lipinski definition) is 1. The Kier molecular flexibility index (Phi) is 5.95. The second-order valence-electron chi connectivity index (χ2n) is 7.80. The zero-order chi connectivity index (χ0) is 19.0. The fraction of sp³-hybridized carbons (Fsp3) is 0.667. The molecule has 1 unspecified atom stereocenters. The van der Waals surface area contributed by atoms with E-state index in [1.807, 2.05) is 4.90 Å². The van der Waals surface area contributed by atoms with Crippen LogP contribution in [0.4, 0.5) is 5.88 Å². The van der Waals surface area contributed by atoms with Crippen molar-refractivity contribution in [3.63, 3.8) is 0 Å². The molecule has 1 aromatic rings. The van der Waals surface area contributed by atoms with Crippen LogP contribution in [0, 0.1) is 15.5 Å². The van der Waals surface area contributed by atoms with Crippen LogP contribution < -0.4 is 5.32 Å². The quantitative estimate of drug-likeness (QED) is 0.599. The Balaban J connectivity index is 0.00000225. The first kappa shape index (κ1) is 20.6. The molecule has 3 fully saturated rings. The molecule has 9 nitrogen and oxygen atoms in total. The minimum atomic E-state index is -0.676. The highest BCUT2D eigenvalue weighted by molar-refractivity contribution is 5.96. The van der Waals surface area contributed by atoms with Crippen molar-refractivity contribution in [2.75, 3.05) is 32.7 Å². The van der Waals surface area contributed by atoms with Gasteiger partial charge in [-0.2, -0.15) is 0 Å². The molecule has 1 N–H and O–H groups in total. The molecule has 10 heteroatoms. The Bertz CT molecular complexity index is 751. The molecule has 154 valence electrons. The summed E-state index contributed by atoms with van der Waals surface area (Å²) in [6.45, 7) is 4.00. The lowest BCUT2D eigenvalue weighted by Gasteiger charge is -2.40. The Labute approximate surface area is 169 Å². The van der Waals surface area contributed by atoms with Crippen LogP contribution in [0.25, 0.3) is 0 Å². The van der Waals surface area contributed by atoms with E-state index in [1.165, 1.54) is 23.5 Å². The van der Waals surface area contributed by atoms with Gasteiger partial charge in [0.25, 0.3) is 5.91 Å². The molecule has 0 saturated carbocycles. The van der Waals surface area contributed by atoms with Crippen molar-refractivity contribution in [3.05, 3.63) is 28.0 Å². The molecule has 0 radical (unpaired) electrons. The lowest BCUT2D eigenvalue weighted by atomic mass is 9.77. The fourth-order valence-electron chi connectivity index (χ4n) is 4.58. The van der Waals surface area contributed by atoms with Crippen LogP contribution in [0.2, 0.25) is 0 Å². The smallest absolute Gasteiger partial charge is 0.395 e. The number of piperidine rings is 1. The molecule has 0 aliphatic carbocycles. The average molecular weight is 413 g/mol. The highest BCUT2D eigenvalue weighted by atomic mass is 35.5. The summed E-state index contributed by atoms with van der Waals surface area (Å²) in [5.74, 6) is -1.02. The predicted octanol–water partition coefficient (Wildman–Crippen LogP) is 1.82. The summed E-state index contributed by atoms with van der Waals surface area (Å²) >= 11 is 0. The van der Waals surface area contributed by atoms with E-state index in [1.54, 1.807) is 0 Å². The first-order chi connectivity index (χ1) is 13.0. The molecule has 0 bridgehead atoms. The molecule has 4 rings (SSSR count). The summed E-state index contributed by atoms with van der Waals surface area (Å²) < 4.78 is 5.03. The topological polar surface area (TPSA) is 109 Å². The first-order valence-electron chi connectivity index (χ1n) is 9.54. The van der Waals surface area contributed by atoms with Crippen LogP contribution in [-0.2, 0) is 4.79 Å². The Hall–Kier alpha value is -2.13. The number of carbonyl (C=O) groups excluding carboxylic acids is 2. The number of nitrogens with zero attached hydrogens (tertiary/aromatic N) is 3. The summed E-state index contributed by atoms with van der Waals surface area (Å²) in [5.41, 5.74) is 0.328. The number of nitro groups is 1. The SMILES string of the molecule is Cl.O=C(C1CCCN1C(=O)c1ccc([N+](=O)[O-])o1)N1CCC2(CCNC2)CC1. The summed E-state index contributed by atoms with van der Waals surface area (Å²) in [5, 5.41) is 14.2. The van der Waals surface area contributed by atoms with E-state index in [9.17, 15) is 19.7 Å². The summed E-state index contributed by atoms with van der Waals surface area (Å²) in [4.78, 5) is 39.2. The number of hydrogen-bond acceptors (Lipinski definition) is 6. The average Bonchev–Trinajstić information content (AvgIpc) is 3.42. The van der Waals surface area contributed by atoms with Crippen molar-refractivity contribution in [1.82, 2.24) is 15.1 Å². The van der Waals surface area contributed by atoms with Gasteiger partial charge in [-0.25, -0.2) is 0 Å². The zero-order valence-corrected chi connectivity index (χ0v) is 16.4. The maximum absolute atomic E-state index is 13.0. The van der Waals surface area contributed by atoms with Crippen LogP contribution in [0.15, 0.2) is 16.5 Å². The van der Waals surface area contributed by atoms with E-state index in [0.29, 0.717) is 18.4 Å². The summed E-state index contributed by atoms with van der Waals surface area (Å²) in [6.07, 6.45) is 4.52. The summed E-state index contributed by atoms with van der Waals surface area (Å²) in [7, 11) is 0. The van der Waals surface area contributed by atoms with Crippen LogP contribution in [0.5, 0.6) is 0 Å². The molecule has 4 heterocycles. The fourth-order valence-corrected chi connectivity index (χ4v) is 4.58. The second-order valence-corrected chi connectivity index (χ2v) is 7.80. The lowest BCUT2D eigenvalue weighted by molar-refractivity contribution is -0.402. The van der Waals surface area contributed by atoms with E-state index in [4.69, 9.17) is 4.42 Å². The van der Waals surface area contributed by atoms with Crippen molar-refractivity contribution in [3.8, 4) is 0 Å². The number of carbonyl (C=O) groups is 2. The van der Waals surface area contributed by atoms with Crippen molar-refractivity contribution < 1.29 is 18.9 Å². The molecule has 1 spiro atoms. The maximum atomic E-state index is 13.0. The van der Waals surface area contributed by atoms with Gasteiger partial charge in [-0.1, -0.05) is 0 Å². The number of likely N-dealkylation sites (tertiary alicyclic amines) is 2. The Morgan fingerprint density at radius 1 is 1.21 bits per heavy atom. The van der Waals surface area contributed by atoms with E-state index >= 15 is 0 Å². The van der Waals surface area contributed by atoms with Crippen molar-refractivity contribution in [2.45, 2.75) is 38.1 Å².